The molecule has 0 radical (unpaired) electrons. The van der Waals surface area contributed by atoms with Crippen LogP contribution in [0.25, 0.3) is 0 Å². The summed E-state index contributed by atoms with van der Waals surface area (Å²) in [6.45, 7) is 4.64. The van der Waals surface area contributed by atoms with Gasteiger partial charge in [-0.15, -0.1) is 0 Å². The number of fused-ring (bicyclic) bond motifs is 1. The van der Waals surface area contributed by atoms with Crippen molar-refractivity contribution < 1.29 is 14.3 Å². The van der Waals surface area contributed by atoms with Crippen molar-refractivity contribution in [2.75, 3.05) is 31.2 Å². The summed E-state index contributed by atoms with van der Waals surface area (Å²) in [5.41, 5.74) is 11.0. The molecular formula is C32H43N3O3S. The van der Waals surface area contributed by atoms with Crippen molar-refractivity contribution in [1.82, 2.24) is 5.01 Å². The van der Waals surface area contributed by atoms with Crippen LogP contribution in [0.15, 0.2) is 47.6 Å². The van der Waals surface area contributed by atoms with Gasteiger partial charge in [0.1, 0.15) is 0 Å². The maximum absolute atomic E-state index is 13.3. The minimum absolute atomic E-state index is 0.0250. The number of hydrazone groups is 1. The summed E-state index contributed by atoms with van der Waals surface area (Å²) in [5.74, 6) is 2.06. The highest BCUT2D eigenvalue weighted by atomic mass is 32.2. The number of rotatable bonds is 13. The Bertz CT molecular complexity index is 1110. The van der Waals surface area contributed by atoms with Gasteiger partial charge in [0, 0.05) is 41.8 Å². The van der Waals surface area contributed by atoms with Crippen LogP contribution in [-0.4, -0.2) is 54.2 Å². The molecule has 0 amide bonds. The maximum Gasteiger partial charge on any atom is 0.306 e. The van der Waals surface area contributed by atoms with E-state index < -0.39 is 0 Å². The van der Waals surface area contributed by atoms with Crippen molar-refractivity contribution in [3.05, 3.63) is 70.3 Å². The molecule has 1 aliphatic carbocycles. The minimum atomic E-state index is -0.283. The number of aryl methyl sites for hydroxylation is 1. The second-order valence-electron chi connectivity index (χ2n) is 10.7. The number of esters is 1. The normalized spacial score (nSPS) is 19.2. The van der Waals surface area contributed by atoms with Gasteiger partial charge in [0.05, 0.1) is 19.2 Å². The molecule has 1 aliphatic heterocycles. The Morgan fingerprint density at radius 1 is 1.03 bits per heavy atom. The van der Waals surface area contributed by atoms with Gasteiger partial charge in [-0.2, -0.15) is 16.9 Å². The Labute approximate surface area is 237 Å². The molecule has 2 aromatic rings. The maximum atomic E-state index is 13.3. The second kappa shape index (κ2) is 15.2. The zero-order valence-corrected chi connectivity index (χ0v) is 24.1. The molecule has 2 aliphatic rings. The van der Waals surface area contributed by atoms with Crippen molar-refractivity contribution in [2.45, 2.75) is 70.8 Å². The molecule has 2 atom stereocenters. The molecule has 0 bridgehead atoms. The summed E-state index contributed by atoms with van der Waals surface area (Å²) in [7, 11) is 0. The molecule has 0 spiro atoms. The van der Waals surface area contributed by atoms with Gasteiger partial charge in [-0.1, -0.05) is 75.4 Å². The average Bonchev–Trinajstić information content (AvgIpc) is 2.97. The van der Waals surface area contributed by atoms with E-state index in [4.69, 9.17) is 10.5 Å². The summed E-state index contributed by atoms with van der Waals surface area (Å²) < 4.78 is 5.51. The van der Waals surface area contributed by atoms with Crippen molar-refractivity contribution in [1.29, 1.82) is 0 Å². The van der Waals surface area contributed by atoms with Crippen LogP contribution >= 0.6 is 11.8 Å². The number of carbonyl (C=O) groups is 2. The van der Waals surface area contributed by atoms with Crippen LogP contribution in [0.1, 0.15) is 96.9 Å². The van der Waals surface area contributed by atoms with Crippen molar-refractivity contribution in [3.8, 4) is 0 Å². The zero-order valence-electron chi connectivity index (χ0n) is 23.3. The molecular weight excluding hydrogens is 506 g/mol. The predicted molar refractivity (Wildman–Crippen MR) is 160 cm³/mol. The summed E-state index contributed by atoms with van der Waals surface area (Å²) >= 11 is 1.96. The first-order valence-electron chi connectivity index (χ1n) is 14.6. The SMILES string of the molecule is CCCCCCCCOC(=O)CC1CCc2ccc(C(=O)c3ccc(C=NN4CCSCC4)cc3)cc2C1N. The highest BCUT2D eigenvalue weighted by molar-refractivity contribution is 7.99. The Kier molecular flexibility index (Phi) is 11.5. The van der Waals surface area contributed by atoms with E-state index in [9.17, 15) is 9.59 Å². The molecule has 7 heteroatoms. The Morgan fingerprint density at radius 3 is 2.51 bits per heavy atom. The lowest BCUT2D eigenvalue weighted by Gasteiger charge is -2.31. The van der Waals surface area contributed by atoms with Crippen LogP contribution in [-0.2, 0) is 16.0 Å². The van der Waals surface area contributed by atoms with Crippen LogP contribution in [0.5, 0.6) is 0 Å². The van der Waals surface area contributed by atoms with Crippen LogP contribution in [0.3, 0.4) is 0 Å². The Morgan fingerprint density at radius 2 is 1.74 bits per heavy atom. The van der Waals surface area contributed by atoms with Gasteiger partial charge in [0.2, 0.25) is 0 Å². The molecule has 4 rings (SSSR count). The molecule has 1 saturated heterocycles. The van der Waals surface area contributed by atoms with Gasteiger partial charge in [-0.3, -0.25) is 14.6 Å². The number of nitrogens with two attached hydrogens (primary N) is 1. The largest absolute Gasteiger partial charge is 0.466 e. The van der Waals surface area contributed by atoms with Crippen molar-refractivity contribution in [3.63, 3.8) is 0 Å². The van der Waals surface area contributed by atoms with Gasteiger partial charge >= 0.3 is 5.97 Å². The van der Waals surface area contributed by atoms with Crippen LogP contribution in [0, 0.1) is 5.92 Å². The second-order valence-corrected chi connectivity index (χ2v) is 11.9. The van der Waals surface area contributed by atoms with E-state index in [2.05, 4.69) is 17.0 Å². The van der Waals surface area contributed by atoms with Gasteiger partial charge < -0.3 is 10.5 Å². The fourth-order valence-electron chi connectivity index (χ4n) is 5.32. The first kappa shape index (κ1) is 29.3. The number of unbranched alkanes of at least 4 members (excludes halogenated alkanes) is 5. The van der Waals surface area contributed by atoms with E-state index in [0.29, 0.717) is 24.2 Å². The summed E-state index contributed by atoms with van der Waals surface area (Å²) in [5, 5.41) is 6.66. The first-order valence-corrected chi connectivity index (χ1v) is 15.8. The number of nitrogens with zero attached hydrogens (tertiary/aromatic N) is 2. The standard InChI is InChI=1S/C32H43N3O3S/c1-2-3-4-5-6-7-18-38-30(36)22-27-14-12-25-13-15-28(21-29(25)31(27)33)32(37)26-10-8-24(9-11-26)23-34-35-16-19-39-20-17-35/h8-11,13,15,21,23,27,31H,2-7,12,14,16-20,22,33H2,1H3. The molecule has 1 fully saturated rings. The molecule has 0 saturated carbocycles. The first-order chi connectivity index (χ1) is 19.0. The topological polar surface area (TPSA) is 85.0 Å². The fraction of sp³-hybridized carbons (Fsp3) is 0.531. The third-order valence-electron chi connectivity index (χ3n) is 7.78. The van der Waals surface area contributed by atoms with Crippen LogP contribution in [0.2, 0.25) is 0 Å². The van der Waals surface area contributed by atoms with E-state index >= 15 is 0 Å². The number of carbonyl (C=O) groups excluding carboxylic acids is 2. The number of benzene rings is 2. The fourth-order valence-corrected chi connectivity index (χ4v) is 6.21. The Balaban J connectivity index is 1.31. The van der Waals surface area contributed by atoms with Crippen LogP contribution in [0.4, 0.5) is 0 Å². The van der Waals surface area contributed by atoms with Crippen molar-refractivity contribution in [2.24, 2.45) is 16.8 Å². The zero-order chi connectivity index (χ0) is 27.5. The number of hydrogen-bond acceptors (Lipinski definition) is 7. The highest BCUT2D eigenvalue weighted by Crippen LogP contribution is 2.36. The van der Waals surface area contributed by atoms with Gasteiger partial charge in [-0.25, -0.2) is 0 Å². The monoisotopic (exact) mass is 549 g/mol. The quantitative estimate of drug-likeness (QED) is 0.139. The number of ketones is 1. The molecule has 0 aromatic heterocycles. The van der Waals surface area contributed by atoms with Gasteiger partial charge in [0.25, 0.3) is 0 Å². The number of ether oxygens (including phenoxy) is 1. The molecule has 1 heterocycles. The van der Waals surface area contributed by atoms with E-state index in [1.165, 1.54) is 31.2 Å². The Hall–Kier alpha value is -2.64. The summed E-state index contributed by atoms with van der Waals surface area (Å²) in [6, 6.07) is 13.2. The number of thioether (sulfide) groups is 1. The van der Waals surface area contributed by atoms with Gasteiger partial charge in [0.15, 0.2) is 5.78 Å². The smallest absolute Gasteiger partial charge is 0.306 e. The van der Waals surface area contributed by atoms with Crippen molar-refractivity contribution >= 4 is 29.7 Å². The number of hydrogen-bond donors (Lipinski definition) is 1. The van der Waals surface area contributed by atoms with E-state index in [1.54, 1.807) is 0 Å². The molecule has 39 heavy (non-hydrogen) atoms. The molecule has 2 N–H and O–H groups in total. The molecule has 2 unspecified atom stereocenters. The third kappa shape index (κ3) is 8.67. The van der Waals surface area contributed by atoms with Crippen LogP contribution < -0.4 is 5.73 Å². The lowest BCUT2D eigenvalue weighted by molar-refractivity contribution is -0.145. The lowest BCUT2D eigenvalue weighted by atomic mass is 9.77. The highest BCUT2D eigenvalue weighted by Gasteiger charge is 2.29. The third-order valence-corrected chi connectivity index (χ3v) is 8.72. The molecule has 210 valence electrons. The van der Waals surface area contributed by atoms with Gasteiger partial charge in [-0.05, 0) is 47.9 Å². The van der Waals surface area contributed by atoms with E-state index in [-0.39, 0.29) is 23.7 Å². The molecule has 2 aromatic carbocycles. The van der Waals surface area contributed by atoms with E-state index in [0.717, 1.165) is 61.4 Å². The average molecular weight is 550 g/mol. The lowest BCUT2D eigenvalue weighted by Crippen LogP contribution is -2.30. The predicted octanol–water partition coefficient (Wildman–Crippen LogP) is 6.16. The van der Waals surface area contributed by atoms with E-state index in [1.807, 2.05) is 60.4 Å². The summed E-state index contributed by atoms with van der Waals surface area (Å²) in [4.78, 5) is 25.8. The molecule has 6 nitrogen and oxygen atoms in total. The summed E-state index contributed by atoms with van der Waals surface area (Å²) in [6.07, 6.45) is 10.9. The minimum Gasteiger partial charge on any atom is -0.466 e.